The van der Waals surface area contributed by atoms with Gasteiger partial charge in [0.1, 0.15) is 4.90 Å². The van der Waals surface area contributed by atoms with E-state index in [0.717, 1.165) is 38.2 Å². The van der Waals surface area contributed by atoms with Crippen LogP contribution in [0, 0.1) is 5.41 Å². The second-order valence-corrected chi connectivity index (χ2v) is 7.89. The van der Waals surface area contributed by atoms with Crippen molar-refractivity contribution >= 4 is 31.9 Å². The number of carboxylic acid groups (broad SMARTS) is 1. The van der Waals surface area contributed by atoms with Crippen molar-refractivity contribution in [1.29, 1.82) is 0 Å². The van der Waals surface area contributed by atoms with E-state index in [1.165, 1.54) is 0 Å². The summed E-state index contributed by atoms with van der Waals surface area (Å²) >= 11 is 2.96. The van der Waals surface area contributed by atoms with Crippen LogP contribution in [0.1, 0.15) is 49.6 Å². The Bertz CT molecular complexity index is 631. The Labute approximate surface area is 132 Å². The Morgan fingerprint density at radius 2 is 2.10 bits per heavy atom. The molecular formula is C13H18BrNO5S. The van der Waals surface area contributed by atoms with E-state index in [9.17, 15) is 13.2 Å². The van der Waals surface area contributed by atoms with Crippen LogP contribution >= 0.6 is 15.9 Å². The zero-order chi connectivity index (χ0) is 15.7. The minimum absolute atomic E-state index is 0.0128. The number of furan rings is 1. The van der Waals surface area contributed by atoms with Gasteiger partial charge in [-0.05, 0) is 40.6 Å². The molecule has 1 aliphatic rings. The molecule has 1 aliphatic carbocycles. The summed E-state index contributed by atoms with van der Waals surface area (Å²) in [6.07, 6.45) is 5.18. The number of nitrogens with one attached hydrogen (secondary N) is 1. The summed E-state index contributed by atoms with van der Waals surface area (Å²) in [5.41, 5.74) is 0.0128. The molecule has 0 aliphatic heterocycles. The highest BCUT2D eigenvalue weighted by Crippen LogP contribution is 2.40. The maximum atomic E-state index is 12.3. The predicted molar refractivity (Wildman–Crippen MR) is 79.7 cm³/mol. The first kappa shape index (κ1) is 16.5. The van der Waals surface area contributed by atoms with Gasteiger partial charge in [-0.1, -0.05) is 19.8 Å². The van der Waals surface area contributed by atoms with E-state index in [2.05, 4.69) is 27.6 Å². The molecule has 0 spiro atoms. The van der Waals surface area contributed by atoms with Gasteiger partial charge < -0.3 is 9.52 Å². The van der Waals surface area contributed by atoms with Crippen molar-refractivity contribution in [3.8, 4) is 0 Å². The van der Waals surface area contributed by atoms with Crippen molar-refractivity contribution in [1.82, 2.24) is 4.72 Å². The van der Waals surface area contributed by atoms with Crippen LogP contribution in [0.25, 0.3) is 0 Å². The van der Waals surface area contributed by atoms with E-state index >= 15 is 0 Å². The van der Waals surface area contributed by atoms with Crippen molar-refractivity contribution in [3.63, 3.8) is 0 Å². The van der Waals surface area contributed by atoms with Gasteiger partial charge in [0.25, 0.3) is 0 Å². The number of rotatable bonds is 6. The molecule has 0 bridgehead atoms. The van der Waals surface area contributed by atoms with Gasteiger partial charge in [-0.25, -0.2) is 17.9 Å². The fourth-order valence-electron chi connectivity index (χ4n) is 2.75. The molecule has 0 radical (unpaired) electrons. The lowest BCUT2D eigenvalue weighted by atomic mass is 9.84. The molecule has 1 saturated carbocycles. The summed E-state index contributed by atoms with van der Waals surface area (Å²) < 4.78 is 32.0. The molecule has 1 aromatic rings. The zero-order valence-electron chi connectivity index (χ0n) is 11.7. The Hall–Kier alpha value is -0.860. The van der Waals surface area contributed by atoms with Crippen molar-refractivity contribution in [2.24, 2.45) is 5.41 Å². The second kappa shape index (κ2) is 6.10. The average molecular weight is 380 g/mol. The molecule has 2 N–H and O–H groups in total. The van der Waals surface area contributed by atoms with Crippen LogP contribution in [-0.4, -0.2) is 26.0 Å². The number of halogens is 1. The summed E-state index contributed by atoms with van der Waals surface area (Å²) in [6, 6.07) is 1.02. The highest BCUT2D eigenvalue weighted by atomic mass is 79.9. The van der Waals surface area contributed by atoms with E-state index < -0.39 is 21.8 Å². The quantitative estimate of drug-likeness (QED) is 0.791. The Morgan fingerprint density at radius 1 is 1.48 bits per heavy atom. The van der Waals surface area contributed by atoms with Crippen molar-refractivity contribution in [3.05, 3.63) is 16.5 Å². The maximum absolute atomic E-state index is 12.3. The standard InChI is InChI=1S/C13H18BrNO5S/c1-2-13(5-3-4-6-13)8-15-21(18,19)10-7-9(12(16)17)20-11(10)14/h7,15H,2-6,8H2,1H3,(H,16,17). The van der Waals surface area contributed by atoms with Crippen molar-refractivity contribution in [2.45, 2.75) is 43.9 Å². The average Bonchev–Trinajstić information content (AvgIpc) is 3.04. The minimum atomic E-state index is -3.79. The highest BCUT2D eigenvalue weighted by Gasteiger charge is 2.34. The van der Waals surface area contributed by atoms with Gasteiger partial charge in [0, 0.05) is 12.6 Å². The predicted octanol–water partition coefficient (Wildman–Crippen LogP) is 2.99. The third kappa shape index (κ3) is 3.49. The number of hydrogen-bond donors (Lipinski definition) is 2. The van der Waals surface area contributed by atoms with Crippen LogP contribution in [0.2, 0.25) is 0 Å². The van der Waals surface area contributed by atoms with Gasteiger partial charge in [-0.3, -0.25) is 0 Å². The van der Waals surface area contributed by atoms with Gasteiger partial charge in [-0.15, -0.1) is 0 Å². The molecular weight excluding hydrogens is 362 g/mol. The van der Waals surface area contributed by atoms with Gasteiger partial charge >= 0.3 is 5.97 Å². The number of carbonyl (C=O) groups is 1. The number of sulfonamides is 1. The largest absolute Gasteiger partial charge is 0.475 e. The Morgan fingerprint density at radius 3 is 2.57 bits per heavy atom. The molecule has 1 fully saturated rings. The van der Waals surface area contributed by atoms with Crippen LogP contribution in [0.15, 0.2) is 20.0 Å². The molecule has 118 valence electrons. The third-order valence-electron chi connectivity index (χ3n) is 4.21. The smallest absolute Gasteiger partial charge is 0.371 e. The van der Waals surface area contributed by atoms with Crippen LogP contribution < -0.4 is 4.72 Å². The molecule has 0 amide bonds. The second-order valence-electron chi connectivity index (χ2n) is 5.44. The first-order valence-corrected chi connectivity index (χ1v) is 9.09. The summed E-state index contributed by atoms with van der Waals surface area (Å²) in [6.45, 7) is 2.43. The number of aromatic carboxylic acids is 1. The van der Waals surface area contributed by atoms with Crippen LogP contribution in [-0.2, 0) is 10.0 Å². The van der Waals surface area contributed by atoms with Gasteiger partial charge in [0.15, 0.2) is 4.67 Å². The fourth-order valence-corrected chi connectivity index (χ4v) is 4.84. The first-order chi connectivity index (χ1) is 9.80. The maximum Gasteiger partial charge on any atom is 0.371 e. The minimum Gasteiger partial charge on any atom is -0.475 e. The molecule has 1 heterocycles. The topological polar surface area (TPSA) is 96.6 Å². The molecule has 0 aromatic carbocycles. The summed E-state index contributed by atoms with van der Waals surface area (Å²) in [5.74, 6) is -1.72. The lowest BCUT2D eigenvalue weighted by molar-refractivity contribution is 0.0661. The van der Waals surface area contributed by atoms with Gasteiger partial charge in [0.05, 0.1) is 0 Å². The van der Waals surface area contributed by atoms with Gasteiger partial charge in [-0.2, -0.15) is 0 Å². The first-order valence-electron chi connectivity index (χ1n) is 6.82. The van der Waals surface area contributed by atoms with Crippen LogP contribution in [0.3, 0.4) is 0 Å². The summed E-state index contributed by atoms with van der Waals surface area (Å²) in [4.78, 5) is 10.7. The van der Waals surface area contributed by atoms with E-state index in [1.54, 1.807) is 0 Å². The monoisotopic (exact) mass is 379 g/mol. The molecule has 21 heavy (non-hydrogen) atoms. The fraction of sp³-hybridized carbons (Fsp3) is 0.615. The van der Waals surface area contributed by atoms with E-state index in [-0.39, 0.29) is 15.0 Å². The molecule has 8 heteroatoms. The molecule has 0 saturated heterocycles. The molecule has 1 aromatic heterocycles. The van der Waals surface area contributed by atoms with Crippen molar-refractivity contribution in [2.75, 3.05) is 6.54 Å². The molecule has 0 unspecified atom stereocenters. The Balaban J connectivity index is 2.17. The number of hydrogen-bond acceptors (Lipinski definition) is 4. The normalized spacial score (nSPS) is 18.0. The van der Waals surface area contributed by atoms with Crippen LogP contribution in [0.5, 0.6) is 0 Å². The van der Waals surface area contributed by atoms with E-state index in [1.807, 2.05) is 0 Å². The zero-order valence-corrected chi connectivity index (χ0v) is 14.1. The Kier molecular flexibility index (Phi) is 4.79. The molecule has 0 atom stereocenters. The summed E-state index contributed by atoms with van der Waals surface area (Å²) in [7, 11) is -3.79. The number of carboxylic acids is 1. The molecule has 2 rings (SSSR count). The van der Waals surface area contributed by atoms with Crippen molar-refractivity contribution < 1.29 is 22.7 Å². The van der Waals surface area contributed by atoms with E-state index in [0.29, 0.717) is 6.54 Å². The SMILES string of the molecule is CCC1(CNS(=O)(=O)c2cc(C(=O)O)oc2Br)CCCC1. The lowest BCUT2D eigenvalue weighted by Gasteiger charge is -2.27. The van der Waals surface area contributed by atoms with E-state index in [4.69, 9.17) is 9.52 Å². The van der Waals surface area contributed by atoms with Crippen LogP contribution in [0.4, 0.5) is 0 Å². The highest BCUT2D eigenvalue weighted by molar-refractivity contribution is 9.10. The third-order valence-corrected chi connectivity index (χ3v) is 6.47. The lowest BCUT2D eigenvalue weighted by Crippen LogP contribution is -2.35. The van der Waals surface area contributed by atoms with Gasteiger partial charge in [0.2, 0.25) is 15.8 Å². The summed E-state index contributed by atoms with van der Waals surface area (Å²) in [5, 5.41) is 8.84. The molecule has 6 nitrogen and oxygen atoms in total.